The van der Waals surface area contributed by atoms with E-state index in [9.17, 15) is 4.79 Å². The second-order valence-corrected chi connectivity index (χ2v) is 7.75. The van der Waals surface area contributed by atoms with Crippen molar-refractivity contribution in [1.82, 2.24) is 4.90 Å². The van der Waals surface area contributed by atoms with E-state index in [-0.39, 0.29) is 11.3 Å². The van der Waals surface area contributed by atoms with Gasteiger partial charge in [-0.1, -0.05) is 61.7 Å². The molecule has 1 saturated carbocycles. The molecule has 0 aliphatic heterocycles. The second-order valence-electron chi connectivity index (χ2n) is 6.95. The standard InChI is InChI=1S/C18H26BrNO/c1-18(2,3)15-10-8-14(9-11-15)17(21)20(13-12-19)16-6-4-5-7-16/h8-11,16H,4-7,12-13H2,1-3H3. The average Bonchev–Trinajstić information content (AvgIpc) is 2.97. The fraction of sp³-hybridized carbons (Fsp3) is 0.611. The first-order valence-corrected chi connectivity index (χ1v) is 9.03. The molecule has 1 amide bonds. The smallest absolute Gasteiger partial charge is 0.254 e. The molecule has 1 aromatic carbocycles. The highest BCUT2D eigenvalue weighted by Gasteiger charge is 2.27. The normalized spacial score (nSPS) is 16.2. The van der Waals surface area contributed by atoms with Crippen LogP contribution in [-0.4, -0.2) is 28.7 Å². The third kappa shape index (κ3) is 4.09. The SMILES string of the molecule is CC(C)(C)c1ccc(C(=O)N(CCBr)C2CCCC2)cc1. The molecule has 1 aliphatic rings. The van der Waals surface area contributed by atoms with Crippen LogP contribution in [0.1, 0.15) is 62.4 Å². The lowest BCUT2D eigenvalue weighted by molar-refractivity contribution is 0.0696. The highest BCUT2D eigenvalue weighted by molar-refractivity contribution is 9.09. The molecular weight excluding hydrogens is 326 g/mol. The summed E-state index contributed by atoms with van der Waals surface area (Å²) >= 11 is 3.48. The number of halogens is 1. The first kappa shape index (κ1) is 16.5. The number of hydrogen-bond acceptors (Lipinski definition) is 1. The van der Waals surface area contributed by atoms with Crippen molar-refractivity contribution in [1.29, 1.82) is 0 Å². The number of hydrogen-bond donors (Lipinski definition) is 0. The summed E-state index contributed by atoms with van der Waals surface area (Å²) in [5.74, 6) is 0.182. The van der Waals surface area contributed by atoms with E-state index in [1.807, 2.05) is 12.1 Å². The molecule has 2 nitrogen and oxygen atoms in total. The van der Waals surface area contributed by atoms with Gasteiger partial charge in [0.05, 0.1) is 0 Å². The Bertz CT molecular complexity index is 469. The zero-order chi connectivity index (χ0) is 15.5. The third-order valence-electron chi connectivity index (χ3n) is 4.35. The minimum atomic E-state index is 0.128. The zero-order valence-corrected chi connectivity index (χ0v) is 14.9. The maximum absolute atomic E-state index is 12.8. The van der Waals surface area contributed by atoms with Crippen molar-refractivity contribution in [3.8, 4) is 0 Å². The third-order valence-corrected chi connectivity index (χ3v) is 4.70. The van der Waals surface area contributed by atoms with Crippen molar-refractivity contribution < 1.29 is 4.79 Å². The van der Waals surface area contributed by atoms with Gasteiger partial charge in [0.25, 0.3) is 5.91 Å². The summed E-state index contributed by atoms with van der Waals surface area (Å²) in [7, 11) is 0. The van der Waals surface area contributed by atoms with E-state index in [0.717, 1.165) is 30.3 Å². The van der Waals surface area contributed by atoms with Crippen LogP contribution in [0.5, 0.6) is 0 Å². The molecule has 0 spiro atoms. The van der Waals surface area contributed by atoms with Crippen LogP contribution in [0, 0.1) is 0 Å². The minimum Gasteiger partial charge on any atom is -0.335 e. The molecular formula is C18H26BrNO. The summed E-state index contributed by atoms with van der Waals surface area (Å²) in [5, 5.41) is 0.843. The van der Waals surface area contributed by atoms with Gasteiger partial charge < -0.3 is 4.90 Å². The maximum atomic E-state index is 12.8. The molecule has 1 aliphatic carbocycles. The van der Waals surface area contributed by atoms with E-state index in [1.54, 1.807) is 0 Å². The molecule has 0 unspecified atom stereocenters. The Kier molecular flexibility index (Phi) is 5.48. The molecule has 0 atom stereocenters. The molecule has 2 rings (SSSR count). The summed E-state index contributed by atoms with van der Waals surface area (Å²) < 4.78 is 0. The Morgan fingerprint density at radius 3 is 2.24 bits per heavy atom. The van der Waals surface area contributed by atoms with Crippen molar-refractivity contribution in [2.24, 2.45) is 0 Å². The van der Waals surface area contributed by atoms with Gasteiger partial charge >= 0.3 is 0 Å². The van der Waals surface area contributed by atoms with Gasteiger partial charge in [-0.2, -0.15) is 0 Å². The van der Waals surface area contributed by atoms with Crippen LogP contribution in [0.25, 0.3) is 0 Å². The number of benzene rings is 1. The van der Waals surface area contributed by atoms with Crippen LogP contribution in [-0.2, 0) is 5.41 Å². The number of carbonyl (C=O) groups excluding carboxylic acids is 1. The van der Waals surface area contributed by atoms with E-state index in [0.29, 0.717) is 6.04 Å². The average molecular weight is 352 g/mol. The van der Waals surface area contributed by atoms with Crippen molar-refractivity contribution >= 4 is 21.8 Å². The van der Waals surface area contributed by atoms with Gasteiger partial charge in [0.15, 0.2) is 0 Å². The molecule has 0 radical (unpaired) electrons. The first-order valence-electron chi connectivity index (χ1n) is 7.91. The lowest BCUT2D eigenvalue weighted by atomic mass is 9.86. The summed E-state index contributed by atoms with van der Waals surface area (Å²) in [6, 6.07) is 8.58. The van der Waals surface area contributed by atoms with E-state index in [4.69, 9.17) is 0 Å². The molecule has 1 aromatic rings. The number of alkyl halides is 1. The van der Waals surface area contributed by atoms with Crippen molar-refractivity contribution in [3.63, 3.8) is 0 Å². The Balaban J connectivity index is 2.16. The number of carbonyl (C=O) groups is 1. The largest absolute Gasteiger partial charge is 0.335 e. The van der Waals surface area contributed by atoms with Gasteiger partial charge in [0.2, 0.25) is 0 Å². The quantitative estimate of drug-likeness (QED) is 0.715. The van der Waals surface area contributed by atoms with Gasteiger partial charge in [-0.3, -0.25) is 4.79 Å². The van der Waals surface area contributed by atoms with E-state index < -0.39 is 0 Å². The number of rotatable bonds is 4. The molecule has 0 aromatic heterocycles. The molecule has 116 valence electrons. The predicted molar refractivity (Wildman–Crippen MR) is 92.2 cm³/mol. The predicted octanol–water partition coefficient (Wildman–Crippen LogP) is 4.76. The molecule has 0 bridgehead atoms. The highest BCUT2D eigenvalue weighted by atomic mass is 79.9. The fourth-order valence-corrected chi connectivity index (χ4v) is 3.42. The van der Waals surface area contributed by atoms with Crippen molar-refractivity contribution in [2.75, 3.05) is 11.9 Å². The van der Waals surface area contributed by atoms with Crippen LogP contribution >= 0.6 is 15.9 Å². The van der Waals surface area contributed by atoms with Crippen LogP contribution < -0.4 is 0 Å². The lowest BCUT2D eigenvalue weighted by Crippen LogP contribution is -2.40. The summed E-state index contributed by atoms with van der Waals surface area (Å²) in [5.41, 5.74) is 2.21. The lowest BCUT2D eigenvalue weighted by Gasteiger charge is -2.29. The van der Waals surface area contributed by atoms with Crippen LogP contribution in [0.4, 0.5) is 0 Å². The van der Waals surface area contributed by atoms with Gasteiger partial charge in [-0.05, 0) is 36.0 Å². The first-order chi connectivity index (χ1) is 9.93. The van der Waals surface area contributed by atoms with Crippen LogP contribution in [0.3, 0.4) is 0 Å². The summed E-state index contributed by atoms with van der Waals surface area (Å²) in [6.07, 6.45) is 4.80. The van der Waals surface area contributed by atoms with Crippen molar-refractivity contribution in [2.45, 2.75) is 57.9 Å². The second kappa shape index (κ2) is 6.95. The molecule has 21 heavy (non-hydrogen) atoms. The summed E-state index contributed by atoms with van der Waals surface area (Å²) in [4.78, 5) is 14.9. The van der Waals surface area contributed by atoms with Crippen LogP contribution in [0.2, 0.25) is 0 Å². The summed E-state index contributed by atoms with van der Waals surface area (Å²) in [6.45, 7) is 7.38. The maximum Gasteiger partial charge on any atom is 0.254 e. The van der Waals surface area contributed by atoms with Crippen molar-refractivity contribution in [3.05, 3.63) is 35.4 Å². The molecule has 3 heteroatoms. The van der Waals surface area contributed by atoms with Gasteiger partial charge in [0, 0.05) is 23.5 Å². The topological polar surface area (TPSA) is 20.3 Å². The zero-order valence-electron chi connectivity index (χ0n) is 13.4. The monoisotopic (exact) mass is 351 g/mol. The highest BCUT2D eigenvalue weighted by Crippen LogP contribution is 2.26. The molecule has 1 fully saturated rings. The van der Waals surface area contributed by atoms with E-state index in [2.05, 4.69) is 53.7 Å². The van der Waals surface area contributed by atoms with Gasteiger partial charge in [0.1, 0.15) is 0 Å². The van der Waals surface area contributed by atoms with Gasteiger partial charge in [-0.15, -0.1) is 0 Å². The Morgan fingerprint density at radius 1 is 1.19 bits per heavy atom. The Labute approximate surface area is 137 Å². The Hall–Kier alpha value is -0.830. The van der Waals surface area contributed by atoms with E-state index >= 15 is 0 Å². The Morgan fingerprint density at radius 2 is 1.76 bits per heavy atom. The van der Waals surface area contributed by atoms with Crippen LogP contribution in [0.15, 0.2) is 24.3 Å². The molecule has 0 N–H and O–H groups in total. The van der Waals surface area contributed by atoms with E-state index in [1.165, 1.54) is 18.4 Å². The van der Waals surface area contributed by atoms with Gasteiger partial charge in [-0.25, -0.2) is 0 Å². The molecule has 0 heterocycles. The fourth-order valence-electron chi connectivity index (χ4n) is 3.04. The number of nitrogens with zero attached hydrogens (tertiary/aromatic N) is 1. The number of amides is 1. The molecule has 0 saturated heterocycles. The minimum absolute atomic E-state index is 0.128.